The largest absolute Gasteiger partial charge is 0.497 e. The van der Waals surface area contributed by atoms with E-state index in [2.05, 4.69) is 48.5 Å². The van der Waals surface area contributed by atoms with Gasteiger partial charge in [-0.2, -0.15) is 0 Å². The van der Waals surface area contributed by atoms with Gasteiger partial charge in [-0.05, 0) is 29.7 Å². The number of benzene rings is 3. The van der Waals surface area contributed by atoms with Crippen molar-refractivity contribution in [1.82, 2.24) is 4.90 Å². The molecule has 0 aliphatic rings. The van der Waals surface area contributed by atoms with Crippen LogP contribution in [0.5, 0.6) is 11.5 Å². The van der Waals surface area contributed by atoms with Crippen LogP contribution in [0, 0.1) is 0 Å². The van der Waals surface area contributed by atoms with E-state index in [0.717, 1.165) is 6.42 Å². The molecule has 150 valence electrons. The van der Waals surface area contributed by atoms with E-state index >= 15 is 0 Å². The van der Waals surface area contributed by atoms with Crippen molar-refractivity contribution in [1.29, 1.82) is 0 Å². The molecule has 0 spiro atoms. The van der Waals surface area contributed by atoms with Crippen molar-refractivity contribution in [3.05, 3.63) is 95.6 Å². The van der Waals surface area contributed by atoms with Crippen LogP contribution in [0.25, 0.3) is 0 Å². The second kappa shape index (κ2) is 9.78. The van der Waals surface area contributed by atoms with Crippen LogP contribution in [-0.4, -0.2) is 38.6 Å². The summed E-state index contributed by atoms with van der Waals surface area (Å²) >= 11 is 0. The zero-order valence-electron chi connectivity index (χ0n) is 17.2. The second-order valence-electron chi connectivity index (χ2n) is 6.99. The molecule has 0 fully saturated rings. The number of carbonyl (C=O) groups excluding carboxylic acids is 1. The van der Waals surface area contributed by atoms with E-state index in [1.54, 1.807) is 37.3 Å². The van der Waals surface area contributed by atoms with Gasteiger partial charge in [0.15, 0.2) is 0 Å². The van der Waals surface area contributed by atoms with Gasteiger partial charge in [-0.25, -0.2) is 0 Å². The molecule has 0 aliphatic heterocycles. The molecule has 0 N–H and O–H groups in total. The molecule has 0 aromatic heterocycles. The minimum Gasteiger partial charge on any atom is -0.497 e. The minimum atomic E-state index is -0.0536. The molecule has 4 heteroatoms. The summed E-state index contributed by atoms with van der Waals surface area (Å²) in [4.78, 5) is 14.7. The Labute approximate surface area is 172 Å². The van der Waals surface area contributed by atoms with Gasteiger partial charge in [-0.15, -0.1) is 0 Å². The first kappa shape index (κ1) is 20.5. The van der Waals surface area contributed by atoms with Crippen LogP contribution >= 0.6 is 0 Å². The minimum absolute atomic E-state index is 0.0536. The number of rotatable bonds is 8. The number of ether oxygens (including phenoxy) is 2. The van der Waals surface area contributed by atoms with Gasteiger partial charge in [0, 0.05) is 31.1 Å². The molecule has 0 unspecified atom stereocenters. The van der Waals surface area contributed by atoms with E-state index in [9.17, 15) is 4.79 Å². The molecule has 0 atom stereocenters. The lowest BCUT2D eigenvalue weighted by molar-refractivity contribution is 0.0791. The molecule has 29 heavy (non-hydrogen) atoms. The fourth-order valence-electron chi connectivity index (χ4n) is 3.47. The maximum atomic E-state index is 13.0. The standard InChI is InChI=1S/C25H27NO3/c1-26(25(27)21-16-22(28-2)18-23(17-21)29-3)15-14-24(19-10-6-4-7-11-19)20-12-8-5-9-13-20/h4-13,16-18,24H,14-15H2,1-3H3. The molecule has 0 heterocycles. The Kier molecular flexibility index (Phi) is 6.90. The van der Waals surface area contributed by atoms with E-state index in [4.69, 9.17) is 9.47 Å². The molecule has 0 aliphatic carbocycles. The highest BCUT2D eigenvalue weighted by atomic mass is 16.5. The first-order valence-electron chi connectivity index (χ1n) is 9.70. The lowest BCUT2D eigenvalue weighted by Gasteiger charge is -2.23. The van der Waals surface area contributed by atoms with Gasteiger partial charge in [-0.1, -0.05) is 60.7 Å². The van der Waals surface area contributed by atoms with Crippen LogP contribution in [-0.2, 0) is 0 Å². The molecular weight excluding hydrogens is 362 g/mol. The highest BCUT2D eigenvalue weighted by molar-refractivity contribution is 5.95. The number of carbonyl (C=O) groups is 1. The molecule has 4 nitrogen and oxygen atoms in total. The molecule has 3 rings (SSSR count). The van der Waals surface area contributed by atoms with Crippen LogP contribution in [0.3, 0.4) is 0 Å². The first-order valence-corrected chi connectivity index (χ1v) is 9.70. The van der Waals surface area contributed by atoms with Crippen molar-refractivity contribution in [2.24, 2.45) is 0 Å². The average Bonchev–Trinajstić information content (AvgIpc) is 2.79. The predicted molar refractivity (Wildman–Crippen MR) is 116 cm³/mol. The van der Waals surface area contributed by atoms with E-state index in [1.165, 1.54) is 11.1 Å². The van der Waals surface area contributed by atoms with Crippen molar-refractivity contribution in [3.63, 3.8) is 0 Å². The van der Waals surface area contributed by atoms with Gasteiger partial charge in [0.2, 0.25) is 0 Å². The topological polar surface area (TPSA) is 38.8 Å². The molecule has 0 radical (unpaired) electrons. The third-order valence-electron chi connectivity index (χ3n) is 5.10. The average molecular weight is 389 g/mol. The molecule has 1 amide bonds. The zero-order chi connectivity index (χ0) is 20.6. The third kappa shape index (κ3) is 5.17. The summed E-state index contributed by atoms with van der Waals surface area (Å²) in [7, 11) is 5.00. The lowest BCUT2D eigenvalue weighted by atomic mass is 9.88. The van der Waals surface area contributed by atoms with Gasteiger partial charge in [-0.3, -0.25) is 4.79 Å². The van der Waals surface area contributed by atoms with Crippen molar-refractivity contribution >= 4 is 5.91 Å². The van der Waals surface area contributed by atoms with Crippen molar-refractivity contribution in [2.75, 3.05) is 27.8 Å². The second-order valence-corrected chi connectivity index (χ2v) is 6.99. The normalized spacial score (nSPS) is 10.6. The quantitative estimate of drug-likeness (QED) is 0.544. The highest BCUT2D eigenvalue weighted by Crippen LogP contribution is 2.28. The molecule has 0 bridgehead atoms. The molecule has 3 aromatic carbocycles. The maximum Gasteiger partial charge on any atom is 0.253 e. The van der Waals surface area contributed by atoms with Crippen LogP contribution in [0.4, 0.5) is 0 Å². The van der Waals surface area contributed by atoms with Crippen LogP contribution in [0.2, 0.25) is 0 Å². The summed E-state index contributed by atoms with van der Waals surface area (Å²) in [6.45, 7) is 0.632. The summed E-state index contributed by atoms with van der Waals surface area (Å²) in [6, 6.07) is 26.1. The van der Waals surface area contributed by atoms with Crippen molar-refractivity contribution < 1.29 is 14.3 Å². The Morgan fingerprint density at radius 2 is 1.31 bits per heavy atom. The number of amides is 1. The van der Waals surface area contributed by atoms with Gasteiger partial charge in [0.05, 0.1) is 14.2 Å². The SMILES string of the molecule is COc1cc(OC)cc(C(=O)N(C)CCC(c2ccccc2)c2ccccc2)c1. The predicted octanol–water partition coefficient (Wildman–Crippen LogP) is 5.00. The van der Waals surface area contributed by atoms with Gasteiger partial charge in [0.1, 0.15) is 11.5 Å². The van der Waals surface area contributed by atoms with Gasteiger partial charge in [0.25, 0.3) is 5.91 Å². The van der Waals surface area contributed by atoms with Crippen LogP contribution in [0.1, 0.15) is 33.8 Å². The number of hydrogen-bond acceptors (Lipinski definition) is 3. The van der Waals surface area contributed by atoms with Crippen LogP contribution < -0.4 is 9.47 Å². The fraction of sp³-hybridized carbons (Fsp3) is 0.240. The number of nitrogens with zero attached hydrogens (tertiary/aromatic N) is 1. The lowest BCUT2D eigenvalue weighted by Crippen LogP contribution is -2.29. The fourth-order valence-corrected chi connectivity index (χ4v) is 3.47. The Hall–Kier alpha value is -3.27. The Bertz CT molecular complexity index is 864. The highest BCUT2D eigenvalue weighted by Gasteiger charge is 2.18. The van der Waals surface area contributed by atoms with Crippen molar-refractivity contribution in [3.8, 4) is 11.5 Å². The van der Waals surface area contributed by atoms with E-state index in [1.807, 2.05) is 19.2 Å². The first-order chi connectivity index (χ1) is 14.1. The Balaban J connectivity index is 1.77. The smallest absolute Gasteiger partial charge is 0.253 e. The summed E-state index contributed by atoms with van der Waals surface area (Å²) in [5.41, 5.74) is 3.06. The Morgan fingerprint density at radius 3 is 1.76 bits per heavy atom. The Morgan fingerprint density at radius 1 is 0.828 bits per heavy atom. The summed E-state index contributed by atoms with van der Waals surface area (Å²) in [6.07, 6.45) is 0.831. The third-order valence-corrected chi connectivity index (χ3v) is 5.10. The molecule has 0 saturated heterocycles. The van der Waals surface area contributed by atoms with E-state index < -0.39 is 0 Å². The summed E-state index contributed by atoms with van der Waals surface area (Å²) < 4.78 is 10.6. The summed E-state index contributed by atoms with van der Waals surface area (Å²) in [5.74, 6) is 1.38. The zero-order valence-corrected chi connectivity index (χ0v) is 17.2. The van der Waals surface area contributed by atoms with Gasteiger partial charge >= 0.3 is 0 Å². The van der Waals surface area contributed by atoms with E-state index in [-0.39, 0.29) is 11.8 Å². The molecular formula is C25H27NO3. The monoisotopic (exact) mass is 389 g/mol. The molecule has 3 aromatic rings. The van der Waals surface area contributed by atoms with Gasteiger partial charge < -0.3 is 14.4 Å². The molecule has 0 saturated carbocycles. The van der Waals surface area contributed by atoms with Crippen molar-refractivity contribution in [2.45, 2.75) is 12.3 Å². The van der Waals surface area contributed by atoms with E-state index in [0.29, 0.717) is 23.6 Å². The maximum absolute atomic E-state index is 13.0. The summed E-state index contributed by atoms with van der Waals surface area (Å²) in [5, 5.41) is 0. The van der Waals surface area contributed by atoms with Crippen LogP contribution in [0.15, 0.2) is 78.9 Å². The number of methoxy groups -OCH3 is 2. The number of hydrogen-bond donors (Lipinski definition) is 0.